The molecule has 1 saturated heterocycles. The highest BCUT2D eigenvalue weighted by atomic mass is 32.2. The van der Waals surface area contributed by atoms with Crippen molar-refractivity contribution in [2.75, 3.05) is 18.5 Å². The molecule has 1 aliphatic heterocycles. The zero-order valence-corrected chi connectivity index (χ0v) is 17.6. The zero-order valence-electron chi connectivity index (χ0n) is 16.8. The van der Waals surface area contributed by atoms with Gasteiger partial charge < -0.3 is 10.1 Å². The number of ether oxygens (including phenoxy) is 1. The van der Waals surface area contributed by atoms with Crippen LogP contribution >= 0.6 is 11.8 Å². The van der Waals surface area contributed by atoms with Gasteiger partial charge in [0.25, 0.3) is 11.1 Å². The van der Waals surface area contributed by atoms with Gasteiger partial charge in [-0.2, -0.15) is 0 Å². The molecule has 1 aliphatic rings. The smallest absolute Gasteiger partial charge is 0.294 e. The van der Waals surface area contributed by atoms with E-state index >= 15 is 0 Å². The van der Waals surface area contributed by atoms with E-state index in [2.05, 4.69) is 5.32 Å². The van der Waals surface area contributed by atoms with Crippen molar-refractivity contribution in [1.82, 2.24) is 4.90 Å². The van der Waals surface area contributed by atoms with Crippen LogP contribution in [-0.2, 0) is 9.59 Å². The van der Waals surface area contributed by atoms with Crippen molar-refractivity contribution >= 4 is 40.6 Å². The highest BCUT2D eigenvalue weighted by molar-refractivity contribution is 8.18. The molecule has 0 radical (unpaired) electrons. The third-order valence-electron chi connectivity index (χ3n) is 4.18. The van der Waals surface area contributed by atoms with Crippen molar-refractivity contribution < 1.29 is 19.1 Å². The van der Waals surface area contributed by atoms with Crippen LogP contribution in [0.1, 0.15) is 19.4 Å². The van der Waals surface area contributed by atoms with Gasteiger partial charge in [-0.05, 0) is 67.1 Å². The molecule has 30 heavy (non-hydrogen) atoms. The van der Waals surface area contributed by atoms with E-state index in [1.807, 2.05) is 50.3 Å². The molecular weight excluding hydrogens is 400 g/mol. The second kappa shape index (κ2) is 9.93. The second-order valence-electron chi connectivity index (χ2n) is 6.57. The molecule has 1 fully saturated rings. The van der Waals surface area contributed by atoms with Crippen molar-refractivity contribution in [2.45, 2.75) is 13.8 Å². The summed E-state index contributed by atoms with van der Waals surface area (Å²) in [5.41, 5.74) is 2.40. The van der Waals surface area contributed by atoms with E-state index in [0.29, 0.717) is 22.9 Å². The van der Waals surface area contributed by atoms with Gasteiger partial charge in [0.05, 0.1) is 11.5 Å². The lowest BCUT2D eigenvalue weighted by molar-refractivity contribution is -0.127. The minimum absolute atomic E-state index is 0.304. The summed E-state index contributed by atoms with van der Waals surface area (Å²) in [4.78, 5) is 38.4. The Kier molecular flexibility index (Phi) is 7.08. The summed E-state index contributed by atoms with van der Waals surface area (Å²) in [6.45, 7) is 3.97. The van der Waals surface area contributed by atoms with E-state index in [-0.39, 0.29) is 6.54 Å². The van der Waals surface area contributed by atoms with Gasteiger partial charge in [0.1, 0.15) is 12.3 Å². The van der Waals surface area contributed by atoms with Crippen LogP contribution in [0.3, 0.4) is 0 Å². The van der Waals surface area contributed by atoms with Gasteiger partial charge in [-0.15, -0.1) is 0 Å². The SMILES string of the molecule is CCOc1ccc(NC(=O)CN2C(=O)S/C(=C\C(C)=C\c3ccccc3)C2=O)cc1. The number of imide groups is 1. The predicted molar refractivity (Wildman–Crippen MR) is 119 cm³/mol. The Morgan fingerprint density at radius 2 is 1.80 bits per heavy atom. The fourth-order valence-electron chi connectivity index (χ4n) is 2.84. The third kappa shape index (κ3) is 5.61. The molecule has 0 spiro atoms. The Labute approximate surface area is 179 Å². The quantitative estimate of drug-likeness (QED) is 0.654. The van der Waals surface area contributed by atoms with Crippen molar-refractivity contribution in [2.24, 2.45) is 0 Å². The number of thioether (sulfide) groups is 1. The van der Waals surface area contributed by atoms with Crippen LogP contribution in [0.5, 0.6) is 5.75 Å². The van der Waals surface area contributed by atoms with E-state index in [1.165, 1.54) is 0 Å². The number of hydrogen-bond donors (Lipinski definition) is 1. The lowest BCUT2D eigenvalue weighted by atomic mass is 10.1. The summed E-state index contributed by atoms with van der Waals surface area (Å²) in [5.74, 6) is -0.211. The topological polar surface area (TPSA) is 75.7 Å². The molecule has 0 aliphatic carbocycles. The summed E-state index contributed by atoms with van der Waals surface area (Å²) in [7, 11) is 0. The monoisotopic (exact) mass is 422 g/mol. The molecule has 7 heteroatoms. The predicted octanol–water partition coefficient (Wildman–Crippen LogP) is 4.71. The fourth-order valence-corrected chi connectivity index (χ4v) is 3.73. The number of nitrogens with zero attached hydrogens (tertiary/aromatic N) is 1. The van der Waals surface area contributed by atoms with E-state index in [0.717, 1.165) is 27.8 Å². The number of rotatable bonds is 7. The minimum Gasteiger partial charge on any atom is -0.494 e. The molecule has 0 bridgehead atoms. The average Bonchev–Trinajstić information content (AvgIpc) is 2.97. The minimum atomic E-state index is -0.465. The van der Waals surface area contributed by atoms with Crippen molar-refractivity contribution in [3.05, 3.63) is 76.7 Å². The van der Waals surface area contributed by atoms with E-state index in [9.17, 15) is 14.4 Å². The molecule has 0 saturated carbocycles. The second-order valence-corrected chi connectivity index (χ2v) is 7.57. The van der Waals surface area contributed by atoms with Crippen LogP contribution in [0.25, 0.3) is 6.08 Å². The molecule has 1 N–H and O–H groups in total. The number of amides is 3. The number of allylic oxidation sites excluding steroid dienone is 2. The summed E-state index contributed by atoms with van der Waals surface area (Å²) in [6, 6.07) is 16.6. The summed E-state index contributed by atoms with van der Waals surface area (Å²) >= 11 is 0.838. The van der Waals surface area contributed by atoms with Gasteiger partial charge >= 0.3 is 0 Å². The number of benzene rings is 2. The lowest BCUT2D eigenvalue weighted by Crippen LogP contribution is -2.36. The Morgan fingerprint density at radius 3 is 2.47 bits per heavy atom. The summed E-state index contributed by atoms with van der Waals surface area (Å²) in [6.07, 6.45) is 3.59. The summed E-state index contributed by atoms with van der Waals surface area (Å²) in [5, 5.41) is 2.23. The number of hydrogen-bond acceptors (Lipinski definition) is 5. The third-order valence-corrected chi connectivity index (χ3v) is 5.08. The molecular formula is C23H22N2O4S. The first-order valence-corrected chi connectivity index (χ1v) is 10.3. The van der Waals surface area contributed by atoms with E-state index in [1.54, 1.807) is 30.3 Å². The first-order chi connectivity index (χ1) is 14.5. The Hall–Kier alpha value is -3.32. The molecule has 0 unspecified atom stereocenters. The Balaban J connectivity index is 1.63. The maximum Gasteiger partial charge on any atom is 0.294 e. The van der Waals surface area contributed by atoms with Crippen LogP contribution < -0.4 is 10.1 Å². The maximum atomic E-state index is 12.6. The molecule has 3 amide bonds. The van der Waals surface area contributed by atoms with Crippen LogP contribution in [0.2, 0.25) is 0 Å². The molecule has 2 aromatic rings. The Bertz CT molecular complexity index is 998. The number of nitrogens with one attached hydrogen (secondary N) is 1. The normalized spacial score (nSPS) is 15.6. The van der Waals surface area contributed by atoms with Crippen LogP contribution in [0.4, 0.5) is 10.5 Å². The number of carbonyl (C=O) groups excluding carboxylic acids is 3. The van der Waals surface area contributed by atoms with Gasteiger partial charge in [0.2, 0.25) is 5.91 Å². The van der Waals surface area contributed by atoms with Gasteiger partial charge in [0.15, 0.2) is 0 Å². The highest BCUT2D eigenvalue weighted by Gasteiger charge is 2.36. The van der Waals surface area contributed by atoms with E-state index < -0.39 is 17.1 Å². The van der Waals surface area contributed by atoms with Crippen molar-refractivity contribution in [1.29, 1.82) is 0 Å². The lowest BCUT2D eigenvalue weighted by Gasteiger charge is -2.12. The molecule has 3 rings (SSSR count). The zero-order chi connectivity index (χ0) is 21.5. The summed E-state index contributed by atoms with van der Waals surface area (Å²) < 4.78 is 5.36. The Morgan fingerprint density at radius 1 is 1.10 bits per heavy atom. The molecule has 6 nitrogen and oxygen atoms in total. The fraction of sp³-hybridized carbons (Fsp3) is 0.174. The van der Waals surface area contributed by atoms with Crippen LogP contribution in [0, 0.1) is 0 Å². The van der Waals surface area contributed by atoms with E-state index in [4.69, 9.17) is 4.74 Å². The van der Waals surface area contributed by atoms with Crippen molar-refractivity contribution in [3.63, 3.8) is 0 Å². The molecule has 154 valence electrons. The largest absolute Gasteiger partial charge is 0.494 e. The maximum absolute atomic E-state index is 12.6. The molecule has 1 heterocycles. The van der Waals surface area contributed by atoms with Gasteiger partial charge in [-0.3, -0.25) is 19.3 Å². The molecule has 0 atom stereocenters. The first-order valence-electron chi connectivity index (χ1n) is 9.47. The van der Waals surface area contributed by atoms with Gasteiger partial charge in [0, 0.05) is 5.69 Å². The van der Waals surface area contributed by atoms with Crippen molar-refractivity contribution in [3.8, 4) is 5.75 Å². The first kappa shape index (κ1) is 21.4. The standard InChI is InChI=1S/C23H22N2O4S/c1-3-29-19-11-9-18(10-12-19)24-21(26)15-25-22(27)20(30-23(25)28)14-16(2)13-17-7-5-4-6-8-17/h4-14H,3,15H2,1-2H3,(H,24,26)/b16-13+,20-14-. The average molecular weight is 423 g/mol. The highest BCUT2D eigenvalue weighted by Crippen LogP contribution is 2.31. The van der Waals surface area contributed by atoms with Gasteiger partial charge in [-0.25, -0.2) is 0 Å². The molecule has 2 aromatic carbocycles. The number of carbonyl (C=O) groups is 3. The van der Waals surface area contributed by atoms with Crippen LogP contribution in [-0.4, -0.2) is 35.1 Å². The van der Waals surface area contributed by atoms with Gasteiger partial charge in [-0.1, -0.05) is 36.4 Å². The molecule has 0 aromatic heterocycles. The van der Waals surface area contributed by atoms with Crippen LogP contribution in [0.15, 0.2) is 71.2 Å². The number of anilines is 1.